The van der Waals surface area contributed by atoms with Gasteiger partial charge in [0.05, 0.1) is 41.4 Å². The molecule has 0 spiro atoms. The van der Waals surface area contributed by atoms with Crippen molar-refractivity contribution >= 4 is 52.1 Å². The number of aliphatic imine (C=N–C) groups is 1. The Hall–Kier alpha value is -3.97. The van der Waals surface area contributed by atoms with Gasteiger partial charge in [-0.15, -0.1) is 11.3 Å². The van der Waals surface area contributed by atoms with Crippen LogP contribution in [-0.2, 0) is 43.2 Å². The minimum Gasteiger partial charge on any atom is -0.378 e. The predicted molar refractivity (Wildman–Crippen MR) is 224 cm³/mol. The van der Waals surface area contributed by atoms with E-state index in [0.29, 0.717) is 44.9 Å². The zero-order chi connectivity index (χ0) is 40.5. The maximum absolute atomic E-state index is 14.4. The first-order valence-electron chi connectivity index (χ1n) is 20.1. The summed E-state index contributed by atoms with van der Waals surface area (Å²) in [5.41, 5.74) is 8.54. The quantitative estimate of drug-likeness (QED) is 0.128. The van der Waals surface area contributed by atoms with Crippen molar-refractivity contribution in [2.45, 2.75) is 105 Å². The monoisotopic (exact) mass is 784 g/mol. The van der Waals surface area contributed by atoms with Crippen molar-refractivity contribution in [1.82, 2.24) is 25.3 Å². The van der Waals surface area contributed by atoms with Crippen LogP contribution in [0.3, 0.4) is 0 Å². The van der Waals surface area contributed by atoms with E-state index in [1.54, 1.807) is 13.3 Å². The van der Waals surface area contributed by atoms with Gasteiger partial charge in [-0.1, -0.05) is 53.3 Å². The molecular weight excluding hydrogens is 725 g/mol. The number of ether oxygens (including phenoxy) is 2. The van der Waals surface area contributed by atoms with E-state index in [0.717, 1.165) is 56.0 Å². The fourth-order valence-corrected chi connectivity index (χ4v) is 9.87. The van der Waals surface area contributed by atoms with Crippen LogP contribution in [0.4, 0.5) is 0 Å². The second-order valence-electron chi connectivity index (χ2n) is 17.0. The molecular formula is C44H60N6O5S. The topological polar surface area (TPSA) is 127 Å². The van der Waals surface area contributed by atoms with Gasteiger partial charge in [-0.3, -0.25) is 19.6 Å². The number of fused-ring (bicyclic) bond motifs is 6. The molecule has 3 aliphatic rings. The average molecular weight is 785 g/mol. The number of methoxy groups -OCH3 is 1. The highest BCUT2D eigenvalue weighted by atomic mass is 32.1. The van der Waals surface area contributed by atoms with Crippen LogP contribution in [0.1, 0.15) is 84.5 Å². The van der Waals surface area contributed by atoms with Crippen LogP contribution in [0.5, 0.6) is 0 Å². The summed E-state index contributed by atoms with van der Waals surface area (Å²) in [6.45, 7) is 22.6. The largest absolute Gasteiger partial charge is 0.378 e. The summed E-state index contributed by atoms with van der Waals surface area (Å²) in [6.07, 6.45) is 6.29. The Balaban J connectivity index is 1.49. The fraction of sp³-hybridized carbons (Fsp3) is 0.568. The van der Waals surface area contributed by atoms with Gasteiger partial charge in [0.2, 0.25) is 5.91 Å². The molecule has 12 heteroatoms. The number of carbonyl (C=O) groups excluding carboxylic acids is 3. The number of thiazole rings is 1. The Bertz CT molecular complexity index is 2030. The first-order valence-corrected chi connectivity index (χ1v) is 21.0. The maximum atomic E-state index is 14.4. The molecule has 4 heterocycles. The molecule has 3 aromatic rings. The van der Waals surface area contributed by atoms with Gasteiger partial charge < -0.3 is 24.2 Å². The van der Waals surface area contributed by atoms with Gasteiger partial charge in [-0.05, 0) is 80.9 Å². The lowest BCUT2D eigenvalue weighted by molar-refractivity contribution is -0.147. The molecule has 11 nitrogen and oxygen atoms in total. The Labute approximate surface area is 336 Å². The van der Waals surface area contributed by atoms with E-state index in [2.05, 4.69) is 81.6 Å². The summed E-state index contributed by atoms with van der Waals surface area (Å²) < 4.78 is 14.6. The molecule has 0 unspecified atom stereocenters. The van der Waals surface area contributed by atoms with E-state index in [1.165, 1.54) is 16.3 Å². The third-order valence-electron chi connectivity index (χ3n) is 11.9. The van der Waals surface area contributed by atoms with Gasteiger partial charge in [-0.25, -0.2) is 10.4 Å². The van der Waals surface area contributed by atoms with E-state index in [4.69, 9.17) is 19.5 Å². The number of nitrogens with zero attached hydrogens (tertiary/aromatic N) is 4. The first-order chi connectivity index (χ1) is 26.7. The molecule has 6 atom stereocenters. The van der Waals surface area contributed by atoms with Crippen molar-refractivity contribution in [2.24, 2.45) is 34.1 Å². The molecule has 1 saturated carbocycles. The molecule has 1 aromatic carbocycles. The SMILES string of the molecule is C=C/C(=C(\N=C/C)[C@H](C)OC)c1c2c3cc(ccc3n1CC)-c1csc(n1)C[C@H](NC(=O)[C@@H]1[C@@H](C)[C@H]1C(C)C)C(=O)N1CCC[C@](C=O)(COCC(C)(C)C2)N1. The summed E-state index contributed by atoms with van der Waals surface area (Å²) >= 11 is 1.48. The van der Waals surface area contributed by atoms with Gasteiger partial charge in [-0.2, -0.15) is 0 Å². The number of amides is 2. The number of rotatable bonds is 10. The molecule has 2 amide bonds. The number of carbonyl (C=O) groups is 3. The molecule has 6 rings (SSSR count). The number of hydrazine groups is 1. The zero-order valence-corrected chi connectivity index (χ0v) is 35.4. The number of aldehydes is 1. The highest BCUT2D eigenvalue weighted by molar-refractivity contribution is 7.10. The highest BCUT2D eigenvalue weighted by Gasteiger charge is 2.53. The lowest BCUT2D eigenvalue weighted by Crippen LogP contribution is -2.66. The molecule has 2 aromatic heterocycles. The second-order valence-corrected chi connectivity index (χ2v) is 17.9. The molecule has 1 saturated heterocycles. The number of hydrogen-bond acceptors (Lipinski definition) is 9. The average Bonchev–Trinajstić information content (AvgIpc) is 3.49. The Kier molecular flexibility index (Phi) is 12.5. The summed E-state index contributed by atoms with van der Waals surface area (Å²) in [5.74, 6) is 0.382. The van der Waals surface area contributed by atoms with Crippen molar-refractivity contribution in [3.63, 3.8) is 0 Å². The lowest BCUT2D eigenvalue weighted by Gasteiger charge is -2.41. The summed E-state index contributed by atoms with van der Waals surface area (Å²) in [6, 6.07) is 5.63. The third kappa shape index (κ3) is 8.21. The zero-order valence-electron chi connectivity index (χ0n) is 34.6. The van der Waals surface area contributed by atoms with E-state index in [-0.39, 0.29) is 54.1 Å². The highest BCUT2D eigenvalue weighted by Crippen LogP contribution is 2.50. The van der Waals surface area contributed by atoms with Crippen molar-refractivity contribution in [3.8, 4) is 11.3 Å². The number of benzene rings is 1. The Morgan fingerprint density at radius 1 is 1.27 bits per heavy atom. The third-order valence-corrected chi connectivity index (χ3v) is 12.8. The predicted octanol–water partition coefficient (Wildman–Crippen LogP) is 7.04. The molecule has 1 aliphatic carbocycles. The summed E-state index contributed by atoms with van der Waals surface area (Å²) in [4.78, 5) is 50.9. The van der Waals surface area contributed by atoms with E-state index in [1.807, 2.05) is 25.3 Å². The van der Waals surface area contributed by atoms with Gasteiger partial charge in [0.1, 0.15) is 17.9 Å². The van der Waals surface area contributed by atoms with Gasteiger partial charge >= 0.3 is 0 Å². The Morgan fingerprint density at radius 3 is 2.68 bits per heavy atom. The fourth-order valence-electron chi connectivity index (χ4n) is 9.02. The number of aromatic nitrogens is 2. The lowest BCUT2D eigenvalue weighted by atomic mass is 9.84. The smallest absolute Gasteiger partial charge is 0.259 e. The first kappa shape index (κ1) is 41.7. The normalized spacial score (nSPS) is 26.5. The van der Waals surface area contributed by atoms with Crippen LogP contribution >= 0.6 is 11.3 Å². The van der Waals surface area contributed by atoms with Crippen molar-refractivity contribution in [1.29, 1.82) is 0 Å². The van der Waals surface area contributed by atoms with Crippen LogP contribution in [0, 0.1) is 29.1 Å². The number of hydrogen-bond donors (Lipinski definition) is 2. The molecule has 6 bridgehead atoms. The molecule has 2 aliphatic heterocycles. The minimum atomic E-state index is -1.09. The van der Waals surface area contributed by atoms with Crippen LogP contribution in [0.15, 0.2) is 46.9 Å². The minimum absolute atomic E-state index is 0.0957. The van der Waals surface area contributed by atoms with Crippen molar-refractivity contribution in [2.75, 3.05) is 26.9 Å². The summed E-state index contributed by atoms with van der Waals surface area (Å²) in [7, 11) is 1.69. The van der Waals surface area contributed by atoms with E-state index >= 15 is 0 Å². The van der Waals surface area contributed by atoms with Gasteiger partial charge in [0.25, 0.3) is 5.91 Å². The van der Waals surface area contributed by atoms with E-state index < -0.39 is 11.6 Å². The van der Waals surface area contributed by atoms with Gasteiger partial charge in [0.15, 0.2) is 0 Å². The molecule has 0 radical (unpaired) electrons. The molecule has 2 fully saturated rings. The van der Waals surface area contributed by atoms with Crippen LogP contribution in [0.25, 0.3) is 27.7 Å². The number of nitrogens with one attached hydrogen (secondary N) is 2. The van der Waals surface area contributed by atoms with Gasteiger partial charge in [0, 0.05) is 66.2 Å². The molecule has 2 N–H and O–H groups in total. The van der Waals surface area contributed by atoms with E-state index in [9.17, 15) is 14.4 Å². The van der Waals surface area contributed by atoms with Crippen LogP contribution < -0.4 is 10.7 Å². The molecule has 302 valence electrons. The molecule has 56 heavy (non-hydrogen) atoms. The van der Waals surface area contributed by atoms with Crippen molar-refractivity contribution in [3.05, 3.63) is 58.2 Å². The number of aryl methyl sites for hydroxylation is 1. The second kappa shape index (κ2) is 16.9. The maximum Gasteiger partial charge on any atom is 0.259 e. The summed E-state index contributed by atoms with van der Waals surface area (Å²) in [5, 5.41) is 8.52. The van der Waals surface area contributed by atoms with Crippen LogP contribution in [-0.4, -0.2) is 83.4 Å². The Morgan fingerprint density at radius 2 is 2.04 bits per heavy atom. The number of allylic oxidation sites excluding steroid dienone is 2. The standard InChI is InChI=1S/C44H60N6O5S/c1-11-30(39(45-12-2)28(7)54-10)40-32-21-43(8,9)24-55-25-44(23-51)17-14-18-50(48-44)42(53)33(47-41(52)38-27(6)37(38)26(4)5)20-36-46-34(22-56-36)29-15-16-35(31(32)19-29)49(40)13-3/h11-12,15-16,19,22-23,26-28,33,37-38,48H,1,13-14,17-18,20-21,24-25H2,2-10H3,(H,47,52)/b39-30+,45-12-/t27-,28-,33-,37+,38+,44-/m0/s1. The van der Waals surface area contributed by atoms with Crippen LogP contribution in [0.2, 0.25) is 0 Å². The van der Waals surface area contributed by atoms with Crippen molar-refractivity contribution < 1.29 is 23.9 Å².